The molecule has 1 unspecified atom stereocenters. The Hall–Kier alpha value is -0.850. The molecule has 0 bridgehead atoms. The number of methoxy groups -OCH3 is 1. The van der Waals surface area contributed by atoms with E-state index < -0.39 is 5.60 Å². The number of hydrogen-bond donors (Lipinski definition) is 2. The SMILES string of the molecule is COCC(CCCN)NCCCN(C(=O)OC(C)(C)C)C1CC1. The van der Waals surface area contributed by atoms with Crippen molar-refractivity contribution in [2.45, 2.75) is 70.6 Å². The first-order valence-electron chi connectivity index (χ1n) is 8.79. The van der Waals surface area contributed by atoms with Crippen LogP contribution < -0.4 is 11.1 Å². The van der Waals surface area contributed by atoms with Crippen molar-refractivity contribution in [1.82, 2.24) is 10.2 Å². The number of nitrogens with two attached hydrogens (primary N) is 1. The van der Waals surface area contributed by atoms with Gasteiger partial charge in [0.15, 0.2) is 0 Å². The molecule has 6 nitrogen and oxygen atoms in total. The molecule has 1 atom stereocenters. The Morgan fingerprint density at radius 3 is 2.57 bits per heavy atom. The van der Waals surface area contributed by atoms with Crippen molar-refractivity contribution >= 4 is 6.09 Å². The molecule has 23 heavy (non-hydrogen) atoms. The summed E-state index contributed by atoms with van der Waals surface area (Å²) in [5.41, 5.74) is 5.13. The van der Waals surface area contributed by atoms with Crippen LogP contribution in [-0.4, -0.2) is 62.0 Å². The fourth-order valence-corrected chi connectivity index (χ4v) is 2.50. The number of rotatable bonds is 11. The molecule has 0 saturated heterocycles. The first-order valence-corrected chi connectivity index (χ1v) is 8.79. The molecule has 0 aromatic rings. The number of ether oxygens (including phenoxy) is 2. The predicted octanol–water partition coefficient (Wildman–Crippen LogP) is 2.12. The standard InChI is InChI=1S/C17H35N3O3/c1-17(2,3)23-16(21)20(15-8-9-15)12-6-11-19-14(13-22-4)7-5-10-18/h14-15,19H,5-13,18H2,1-4H3. The van der Waals surface area contributed by atoms with Crippen LogP contribution in [0.5, 0.6) is 0 Å². The summed E-state index contributed by atoms with van der Waals surface area (Å²) in [5.74, 6) is 0. The van der Waals surface area contributed by atoms with Crippen molar-refractivity contribution in [2.75, 3.05) is 33.4 Å². The van der Waals surface area contributed by atoms with Gasteiger partial charge in [-0.25, -0.2) is 4.79 Å². The largest absolute Gasteiger partial charge is 0.444 e. The van der Waals surface area contributed by atoms with Crippen LogP contribution in [-0.2, 0) is 9.47 Å². The molecule has 1 aliphatic rings. The van der Waals surface area contributed by atoms with Crippen LogP contribution in [0, 0.1) is 0 Å². The van der Waals surface area contributed by atoms with E-state index in [1.54, 1.807) is 7.11 Å². The Bertz CT molecular complexity index is 340. The maximum atomic E-state index is 12.3. The maximum absolute atomic E-state index is 12.3. The molecule has 6 heteroatoms. The summed E-state index contributed by atoms with van der Waals surface area (Å²) < 4.78 is 10.7. The average molecular weight is 329 g/mol. The number of nitrogens with one attached hydrogen (secondary N) is 1. The zero-order valence-corrected chi connectivity index (χ0v) is 15.3. The third-order valence-electron chi connectivity index (χ3n) is 3.75. The molecule has 0 aromatic heterocycles. The van der Waals surface area contributed by atoms with Crippen LogP contribution in [0.2, 0.25) is 0 Å². The van der Waals surface area contributed by atoms with E-state index in [1.807, 2.05) is 25.7 Å². The Labute approximate surface area is 141 Å². The van der Waals surface area contributed by atoms with Gasteiger partial charge in [0.1, 0.15) is 5.60 Å². The minimum absolute atomic E-state index is 0.184. The highest BCUT2D eigenvalue weighted by Crippen LogP contribution is 2.28. The zero-order valence-electron chi connectivity index (χ0n) is 15.3. The fraction of sp³-hybridized carbons (Fsp3) is 0.941. The normalized spacial score (nSPS) is 16.2. The molecule has 1 rings (SSSR count). The lowest BCUT2D eigenvalue weighted by molar-refractivity contribution is 0.0231. The van der Waals surface area contributed by atoms with Gasteiger partial charge in [-0.15, -0.1) is 0 Å². The van der Waals surface area contributed by atoms with Crippen molar-refractivity contribution < 1.29 is 14.3 Å². The smallest absolute Gasteiger partial charge is 0.410 e. The lowest BCUT2D eigenvalue weighted by atomic mass is 10.1. The second kappa shape index (κ2) is 10.1. The third kappa shape index (κ3) is 9.13. The van der Waals surface area contributed by atoms with Crippen molar-refractivity contribution in [2.24, 2.45) is 5.73 Å². The number of hydrogen-bond acceptors (Lipinski definition) is 5. The van der Waals surface area contributed by atoms with Crippen LogP contribution in [0.4, 0.5) is 4.79 Å². The monoisotopic (exact) mass is 329 g/mol. The molecule has 0 heterocycles. The Kier molecular flexibility index (Phi) is 8.87. The van der Waals surface area contributed by atoms with Crippen molar-refractivity contribution in [3.8, 4) is 0 Å². The summed E-state index contributed by atoms with van der Waals surface area (Å²) in [6.07, 6.45) is 4.93. The summed E-state index contributed by atoms with van der Waals surface area (Å²) >= 11 is 0. The molecular formula is C17H35N3O3. The number of amides is 1. The molecule has 0 spiro atoms. The van der Waals surface area contributed by atoms with E-state index in [4.69, 9.17) is 15.2 Å². The quantitative estimate of drug-likeness (QED) is 0.568. The van der Waals surface area contributed by atoms with Crippen LogP contribution in [0.25, 0.3) is 0 Å². The maximum Gasteiger partial charge on any atom is 0.410 e. The molecule has 1 saturated carbocycles. The van der Waals surface area contributed by atoms with Crippen molar-refractivity contribution in [3.05, 3.63) is 0 Å². The summed E-state index contributed by atoms with van der Waals surface area (Å²) in [7, 11) is 1.72. The first-order chi connectivity index (χ1) is 10.9. The fourth-order valence-electron chi connectivity index (χ4n) is 2.50. The van der Waals surface area contributed by atoms with E-state index in [9.17, 15) is 4.79 Å². The van der Waals surface area contributed by atoms with Gasteiger partial charge >= 0.3 is 6.09 Å². The second-order valence-corrected chi connectivity index (χ2v) is 7.30. The lowest BCUT2D eigenvalue weighted by Gasteiger charge is -2.27. The topological polar surface area (TPSA) is 76.8 Å². The molecular weight excluding hydrogens is 294 g/mol. The van der Waals surface area contributed by atoms with Gasteiger partial charge in [-0.3, -0.25) is 0 Å². The van der Waals surface area contributed by atoms with Crippen molar-refractivity contribution in [3.63, 3.8) is 0 Å². The predicted molar refractivity (Wildman–Crippen MR) is 92.5 cm³/mol. The van der Waals surface area contributed by atoms with Gasteiger partial charge in [0, 0.05) is 25.7 Å². The molecule has 0 aliphatic heterocycles. The van der Waals surface area contributed by atoms with E-state index in [1.165, 1.54) is 0 Å². The van der Waals surface area contributed by atoms with Crippen LogP contribution >= 0.6 is 0 Å². The lowest BCUT2D eigenvalue weighted by Crippen LogP contribution is -2.40. The van der Waals surface area contributed by atoms with Crippen LogP contribution in [0.15, 0.2) is 0 Å². The number of nitrogens with zero attached hydrogens (tertiary/aromatic N) is 1. The molecule has 1 aliphatic carbocycles. The Morgan fingerprint density at radius 1 is 1.35 bits per heavy atom. The highest BCUT2D eigenvalue weighted by Gasteiger charge is 2.34. The Balaban J connectivity index is 2.31. The molecule has 136 valence electrons. The van der Waals surface area contributed by atoms with Gasteiger partial charge in [0.2, 0.25) is 0 Å². The molecule has 1 amide bonds. The molecule has 1 fully saturated rings. The van der Waals surface area contributed by atoms with E-state index in [-0.39, 0.29) is 6.09 Å². The third-order valence-corrected chi connectivity index (χ3v) is 3.75. The van der Waals surface area contributed by atoms with E-state index in [0.717, 1.165) is 45.2 Å². The van der Waals surface area contributed by atoms with E-state index in [2.05, 4.69) is 5.32 Å². The van der Waals surface area contributed by atoms with Crippen LogP contribution in [0.3, 0.4) is 0 Å². The van der Waals surface area contributed by atoms with E-state index in [0.29, 0.717) is 25.2 Å². The highest BCUT2D eigenvalue weighted by atomic mass is 16.6. The van der Waals surface area contributed by atoms with E-state index >= 15 is 0 Å². The molecule has 0 aromatic carbocycles. The summed E-state index contributed by atoms with van der Waals surface area (Å²) in [5, 5.41) is 3.50. The van der Waals surface area contributed by atoms with Gasteiger partial charge in [-0.1, -0.05) is 0 Å². The van der Waals surface area contributed by atoms with Crippen LogP contribution in [0.1, 0.15) is 52.9 Å². The number of carbonyl (C=O) groups is 1. The Morgan fingerprint density at radius 2 is 2.04 bits per heavy atom. The summed E-state index contributed by atoms with van der Waals surface area (Å²) in [6.45, 7) is 8.72. The zero-order chi connectivity index (χ0) is 17.3. The van der Waals surface area contributed by atoms with Gasteiger partial charge < -0.3 is 25.4 Å². The number of carbonyl (C=O) groups excluding carboxylic acids is 1. The molecule has 3 N–H and O–H groups in total. The molecule has 0 radical (unpaired) electrons. The van der Waals surface area contributed by atoms with Crippen molar-refractivity contribution in [1.29, 1.82) is 0 Å². The minimum atomic E-state index is -0.436. The highest BCUT2D eigenvalue weighted by molar-refractivity contribution is 5.69. The minimum Gasteiger partial charge on any atom is -0.444 e. The van der Waals surface area contributed by atoms with Gasteiger partial charge in [0.05, 0.1) is 6.61 Å². The summed E-state index contributed by atoms with van der Waals surface area (Å²) in [6, 6.07) is 0.705. The van der Waals surface area contributed by atoms with Gasteiger partial charge in [-0.2, -0.15) is 0 Å². The van der Waals surface area contributed by atoms with Gasteiger partial charge in [-0.05, 0) is 66.0 Å². The van der Waals surface area contributed by atoms with Gasteiger partial charge in [0.25, 0.3) is 0 Å². The summed E-state index contributed by atoms with van der Waals surface area (Å²) in [4.78, 5) is 14.1. The first kappa shape index (κ1) is 20.2. The average Bonchev–Trinajstić information content (AvgIpc) is 3.26. The second-order valence-electron chi connectivity index (χ2n) is 7.30.